The van der Waals surface area contributed by atoms with E-state index in [2.05, 4.69) is 12.2 Å². The Labute approximate surface area is 115 Å². The Morgan fingerprint density at radius 1 is 1.37 bits per heavy atom. The maximum absolute atomic E-state index is 12.0. The van der Waals surface area contributed by atoms with Gasteiger partial charge in [0.05, 0.1) is 18.7 Å². The molecule has 1 aromatic carbocycles. The summed E-state index contributed by atoms with van der Waals surface area (Å²) in [5.74, 6) is -0.112. The van der Waals surface area contributed by atoms with Gasteiger partial charge in [-0.1, -0.05) is 43.7 Å². The van der Waals surface area contributed by atoms with Crippen molar-refractivity contribution in [3.05, 3.63) is 35.9 Å². The van der Waals surface area contributed by atoms with E-state index in [1.54, 1.807) is 7.11 Å². The summed E-state index contributed by atoms with van der Waals surface area (Å²) >= 11 is 0. The van der Waals surface area contributed by atoms with Crippen molar-refractivity contribution in [2.45, 2.75) is 38.3 Å². The highest BCUT2D eigenvalue weighted by atomic mass is 16.5. The van der Waals surface area contributed by atoms with Crippen LogP contribution in [0.3, 0.4) is 0 Å². The van der Waals surface area contributed by atoms with Crippen molar-refractivity contribution in [3.63, 3.8) is 0 Å². The number of benzene rings is 1. The Morgan fingerprint density at radius 2 is 2.05 bits per heavy atom. The van der Waals surface area contributed by atoms with Gasteiger partial charge in [0.15, 0.2) is 0 Å². The molecule has 1 amide bonds. The largest absolute Gasteiger partial charge is 0.383 e. The highest BCUT2D eigenvalue weighted by molar-refractivity contribution is 5.82. The summed E-state index contributed by atoms with van der Waals surface area (Å²) in [7, 11) is 1.64. The molecular formula is C15H24N2O2. The first-order chi connectivity index (χ1) is 9.17. The maximum Gasteiger partial charge on any atom is 0.237 e. The molecule has 0 radical (unpaired) electrons. The van der Waals surface area contributed by atoms with E-state index in [0.717, 1.165) is 18.4 Å². The van der Waals surface area contributed by atoms with Gasteiger partial charge in [0.25, 0.3) is 0 Å². The number of methoxy groups -OCH3 is 1. The van der Waals surface area contributed by atoms with Gasteiger partial charge >= 0.3 is 0 Å². The number of nitrogens with one attached hydrogen (secondary N) is 1. The van der Waals surface area contributed by atoms with Crippen molar-refractivity contribution in [2.24, 2.45) is 5.73 Å². The van der Waals surface area contributed by atoms with E-state index >= 15 is 0 Å². The number of hydrogen-bond acceptors (Lipinski definition) is 3. The smallest absolute Gasteiger partial charge is 0.237 e. The summed E-state index contributed by atoms with van der Waals surface area (Å²) in [4.78, 5) is 12.0. The van der Waals surface area contributed by atoms with Crippen molar-refractivity contribution in [1.82, 2.24) is 5.32 Å². The Hall–Kier alpha value is -1.39. The van der Waals surface area contributed by atoms with E-state index in [9.17, 15) is 4.79 Å². The zero-order chi connectivity index (χ0) is 14.1. The second-order valence-corrected chi connectivity index (χ2v) is 4.75. The zero-order valence-corrected chi connectivity index (χ0v) is 11.8. The van der Waals surface area contributed by atoms with Gasteiger partial charge in [-0.05, 0) is 18.4 Å². The minimum Gasteiger partial charge on any atom is -0.383 e. The molecule has 0 aromatic heterocycles. The van der Waals surface area contributed by atoms with E-state index in [-0.39, 0.29) is 11.9 Å². The first-order valence-electron chi connectivity index (χ1n) is 6.76. The van der Waals surface area contributed by atoms with Crippen LogP contribution in [0, 0.1) is 0 Å². The molecule has 2 atom stereocenters. The summed E-state index contributed by atoms with van der Waals surface area (Å²) < 4.78 is 5.10. The van der Waals surface area contributed by atoms with Crippen molar-refractivity contribution < 1.29 is 9.53 Å². The molecule has 0 spiro atoms. The Kier molecular flexibility index (Phi) is 7.15. The van der Waals surface area contributed by atoms with Crippen LogP contribution in [-0.4, -0.2) is 31.7 Å². The number of carbonyl (C=O) groups is 1. The number of amides is 1. The summed E-state index contributed by atoms with van der Waals surface area (Å²) in [5, 5.41) is 2.95. The summed E-state index contributed by atoms with van der Waals surface area (Å²) in [5.41, 5.74) is 7.01. The molecule has 0 aliphatic rings. The molecule has 1 unspecified atom stereocenters. The van der Waals surface area contributed by atoms with Crippen LogP contribution < -0.4 is 11.1 Å². The molecule has 0 heterocycles. The molecule has 0 aliphatic heterocycles. The van der Waals surface area contributed by atoms with Gasteiger partial charge in [-0.3, -0.25) is 4.79 Å². The normalized spacial score (nSPS) is 13.8. The molecule has 1 rings (SSSR count). The third kappa shape index (κ3) is 5.85. The van der Waals surface area contributed by atoms with Crippen molar-refractivity contribution >= 4 is 5.91 Å². The molecule has 4 heteroatoms. The van der Waals surface area contributed by atoms with Crippen LogP contribution in [0.15, 0.2) is 30.3 Å². The van der Waals surface area contributed by atoms with Crippen LogP contribution in [0.2, 0.25) is 0 Å². The summed E-state index contributed by atoms with van der Waals surface area (Å²) in [6.07, 6.45) is 2.46. The van der Waals surface area contributed by atoms with Gasteiger partial charge in [0.2, 0.25) is 5.91 Å². The topological polar surface area (TPSA) is 64.3 Å². The lowest BCUT2D eigenvalue weighted by Gasteiger charge is -2.20. The summed E-state index contributed by atoms with van der Waals surface area (Å²) in [6.45, 7) is 2.61. The second-order valence-electron chi connectivity index (χ2n) is 4.75. The molecular weight excluding hydrogens is 240 g/mol. The van der Waals surface area contributed by atoms with Gasteiger partial charge < -0.3 is 15.8 Å². The van der Waals surface area contributed by atoms with Crippen LogP contribution in [-0.2, 0) is 16.0 Å². The van der Waals surface area contributed by atoms with Gasteiger partial charge in [-0.15, -0.1) is 0 Å². The fraction of sp³-hybridized carbons (Fsp3) is 0.533. The zero-order valence-electron chi connectivity index (χ0n) is 11.8. The van der Waals surface area contributed by atoms with Crippen molar-refractivity contribution in [1.29, 1.82) is 0 Å². The lowest BCUT2D eigenvalue weighted by molar-refractivity contribution is -0.123. The van der Waals surface area contributed by atoms with E-state index in [0.29, 0.717) is 13.0 Å². The molecule has 0 saturated heterocycles. The first-order valence-corrected chi connectivity index (χ1v) is 6.76. The second kappa shape index (κ2) is 8.67. The molecule has 0 fully saturated rings. The Morgan fingerprint density at radius 3 is 2.63 bits per heavy atom. The third-order valence-corrected chi connectivity index (χ3v) is 2.99. The van der Waals surface area contributed by atoms with E-state index in [1.807, 2.05) is 30.3 Å². The van der Waals surface area contributed by atoms with Gasteiger partial charge in [-0.2, -0.15) is 0 Å². The highest BCUT2D eigenvalue weighted by Crippen LogP contribution is 2.03. The maximum atomic E-state index is 12.0. The predicted octanol–water partition coefficient (Wildman–Crippen LogP) is 1.49. The van der Waals surface area contributed by atoms with Crippen LogP contribution in [0.5, 0.6) is 0 Å². The lowest BCUT2D eigenvalue weighted by Crippen LogP contribution is -2.47. The van der Waals surface area contributed by atoms with Crippen LogP contribution in [0.1, 0.15) is 25.3 Å². The molecule has 3 N–H and O–H groups in total. The van der Waals surface area contributed by atoms with Gasteiger partial charge in [0, 0.05) is 7.11 Å². The standard InChI is InChI=1S/C15H24N2O2/c1-3-7-13(11-19-2)17-15(18)14(16)10-12-8-5-4-6-9-12/h4-6,8-9,13-14H,3,7,10-11,16H2,1-2H3,(H,17,18)/t13?,14-/m0/s1. The molecule has 0 saturated carbocycles. The lowest BCUT2D eigenvalue weighted by atomic mass is 10.1. The van der Waals surface area contributed by atoms with Crippen LogP contribution in [0.25, 0.3) is 0 Å². The molecule has 19 heavy (non-hydrogen) atoms. The number of ether oxygens (including phenoxy) is 1. The SMILES string of the molecule is CCCC(COC)NC(=O)[C@@H](N)Cc1ccccc1. The molecule has 0 aliphatic carbocycles. The molecule has 4 nitrogen and oxygen atoms in total. The monoisotopic (exact) mass is 264 g/mol. The first kappa shape index (κ1) is 15.7. The van der Waals surface area contributed by atoms with E-state index in [4.69, 9.17) is 10.5 Å². The van der Waals surface area contributed by atoms with Crippen LogP contribution in [0.4, 0.5) is 0 Å². The average molecular weight is 264 g/mol. The van der Waals surface area contributed by atoms with E-state index in [1.165, 1.54) is 0 Å². The molecule has 106 valence electrons. The number of rotatable bonds is 8. The fourth-order valence-corrected chi connectivity index (χ4v) is 2.02. The Balaban J connectivity index is 2.47. The third-order valence-electron chi connectivity index (χ3n) is 2.99. The van der Waals surface area contributed by atoms with E-state index < -0.39 is 6.04 Å². The minimum atomic E-state index is -0.515. The van der Waals surface area contributed by atoms with Crippen molar-refractivity contribution in [3.8, 4) is 0 Å². The van der Waals surface area contributed by atoms with Gasteiger partial charge in [0.1, 0.15) is 0 Å². The predicted molar refractivity (Wildman–Crippen MR) is 76.8 cm³/mol. The Bertz CT molecular complexity index is 362. The minimum absolute atomic E-state index is 0.0457. The molecule has 1 aromatic rings. The molecule has 0 bridgehead atoms. The number of nitrogens with two attached hydrogens (primary N) is 1. The fourth-order valence-electron chi connectivity index (χ4n) is 2.02. The number of carbonyl (C=O) groups excluding carboxylic acids is 1. The highest BCUT2D eigenvalue weighted by Gasteiger charge is 2.17. The van der Waals surface area contributed by atoms with Crippen molar-refractivity contribution in [2.75, 3.05) is 13.7 Å². The number of hydrogen-bond donors (Lipinski definition) is 2. The van der Waals surface area contributed by atoms with Gasteiger partial charge in [-0.25, -0.2) is 0 Å². The summed E-state index contributed by atoms with van der Waals surface area (Å²) in [6, 6.07) is 9.33. The average Bonchev–Trinajstić information content (AvgIpc) is 2.40. The quantitative estimate of drug-likeness (QED) is 0.747. The van der Waals surface area contributed by atoms with Crippen LogP contribution >= 0.6 is 0 Å².